The Kier molecular flexibility index (Phi) is 8.84. The summed E-state index contributed by atoms with van der Waals surface area (Å²) in [7, 11) is 0. The summed E-state index contributed by atoms with van der Waals surface area (Å²) in [5, 5.41) is 7.99. The molecule has 2 aromatic rings. The van der Waals surface area contributed by atoms with Gasteiger partial charge in [-0.25, -0.2) is 0 Å². The Morgan fingerprint density at radius 1 is 1.07 bits per heavy atom. The van der Waals surface area contributed by atoms with Crippen molar-refractivity contribution in [1.82, 2.24) is 19.8 Å². The minimum absolute atomic E-state index is 0.0303. The van der Waals surface area contributed by atoms with E-state index >= 15 is 0 Å². The number of likely N-dealkylation sites (tertiary alicyclic amines) is 1. The third-order valence-electron chi connectivity index (χ3n) is 8.30. The Balaban J connectivity index is 1.37. The van der Waals surface area contributed by atoms with Gasteiger partial charge in [0, 0.05) is 62.3 Å². The monoisotopic (exact) mass is 546 g/mol. The summed E-state index contributed by atoms with van der Waals surface area (Å²) in [4.78, 5) is 30.9. The van der Waals surface area contributed by atoms with Crippen molar-refractivity contribution in [1.29, 1.82) is 5.41 Å². The van der Waals surface area contributed by atoms with Gasteiger partial charge >= 0.3 is 6.01 Å². The van der Waals surface area contributed by atoms with Gasteiger partial charge in [-0.05, 0) is 63.4 Å². The maximum Gasteiger partial charge on any atom is 0.318 e. The number of carbonyl (C=O) groups is 1. The van der Waals surface area contributed by atoms with Gasteiger partial charge in [-0.2, -0.15) is 9.97 Å². The van der Waals surface area contributed by atoms with E-state index in [1.807, 2.05) is 17.0 Å². The van der Waals surface area contributed by atoms with Crippen molar-refractivity contribution >= 4 is 29.3 Å². The minimum atomic E-state index is -0.0303. The van der Waals surface area contributed by atoms with Crippen LogP contribution in [0.3, 0.4) is 0 Å². The highest BCUT2D eigenvalue weighted by Crippen LogP contribution is 2.35. The number of anilines is 3. The highest BCUT2D eigenvalue weighted by molar-refractivity contribution is 5.94. The van der Waals surface area contributed by atoms with Crippen molar-refractivity contribution in [3.63, 3.8) is 0 Å². The number of nitrogens with two attached hydrogens (primary N) is 1. The number of hydrogen-bond acceptors (Lipinski definition) is 9. The predicted molar refractivity (Wildman–Crippen MR) is 160 cm³/mol. The third kappa shape index (κ3) is 6.06. The van der Waals surface area contributed by atoms with Gasteiger partial charge in [0.05, 0.1) is 24.5 Å². The first-order valence-corrected chi connectivity index (χ1v) is 14.5. The minimum Gasteiger partial charge on any atom is -0.463 e. The number of carbonyl (C=O) groups excluding carboxylic acids is 1. The van der Waals surface area contributed by atoms with Crippen molar-refractivity contribution in [2.75, 3.05) is 74.5 Å². The number of piperidine rings is 1. The highest BCUT2D eigenvalue weighted by Gasteiger charge is 2.29. The molecule has 2 saturated heterocycles. The molecule has 214 valence electrons. The first-order chi connectivity index (χ1) is 19.5. The van der Waals surface area contributed by atoms with E-state index in [1.54, 1.807) is 0 Å². The van der Waals surface area contributed by atoms with E-state index in [0.717, 1.165) is 59.8 Å². The van der Waals surface area contributed by atoms with Crippen LogP contribution in [0.4, 0.5) is 17.2 Å². The Hall–Kier alpha value is -3.66. The summed E-state index contributed by atoms with van der Waals surface area (Å²) < 4.78 is 6.17. The van der Waals surface area contributed by atoms with Gasteiger partial charge in [-0.3, -0.25) is 4.79 Å². The third-order valence-corrected chi connectivity index (χ3v) is 8.30. The number of amides is 1. The van der Waals surface area contributed by atoms with Crippen LogP contribution in [0, 0.1) is 12.3 Å². The molecule has 10 nitrogen and oxygen atoms in total. The largest absolute Gasteiger partial charge is 0.463 e. The molecule has 3 aliphatic rings. The summed E-state index contributed by atoms with van der Waals surface area (Å²) >= 11 is 0. The molecule has 0 aliphatic carbocycles. The zero-order valence-electron chi connectivity index (χ0n) is 23.7. The number of aromatic nitrogens is 2. The Labute approximate surface area is 237 Å². The number of fused-ring (bicyclic) bond motifs is 1. The summed E-state index contributed by atoms with van der Waals surface area (Å²) in [6.07, 6.45) is 8.35. The second kappa shape index (κ2) is 12.7. The van der Waals surface area contributed by atoms with Crippen molar-refractivity contribution in [2.24, 2.45) is 0 Å². The van der Waals surface area contributed by atoms with Crippen LogP contribution < -0.4 is 20.3 Å². The number of ether oxygens (including phenoxy) is 1. The fourth-order valence-electron chi connectivity index (χ4n) is 6.11. The van der Waals surface area contributed by atoms with Crippen molar-refractivity contribution in [3.05, 3.63) is 47.2 Å². The van der Waals surface area contributed by atoms with Gasteiger partial charge in [0.15, 0.2) is 0 Å². The first kappa shape index (κ1) is 27.9. The molecule has 0 spiro atoms. The van der Waals surface area contributed by atoms with Crippen LogP contribution >= 0.6 is 0 Å². The number of piperazine rings is 1. The molecule has 1 aromatic carbocycles. The van der Waals surface area contributed by atoms with Crippen LogP contribution in [0.5, 0.6) is 6.01 Å². The van der Waals surface area contributed by atoms with Crippen LogP contribution in [-0.2, 0) is 17.8 Å². The van der Waals surface area contributed by atoms with Crippen molar-refractivity contribution < 1.29 is 9.53 Å². The number of nitrogen functional groups attached to an aromatic ring is 1. The highest BCUT2D eigenvalue weighted by atomic mass is 16.5. The summed E-state index contributed by atoms with van der Waals surface area (Å²) in [6.45, 7) is 13.7. The van der Waals surface area contributed by atoms with Gasteiger partial charge < -0.3 is 35.5 Å². The average molecular weight is 547 g/mol. The molecule has 3 N–H and O–H groups in total. The Morgan fingerprint density at radius 2 is 1.85 bits per heavy atom. The molecule has 1 aromatic heterocycles. The molecule has 0 bridgehead atoms. The van der Waals surface area contributed by atoms with Gasteiger partial charge in [-0.15, -0.1) is 0 Å². The van der Waals surface area contributed by atoms with Crippen LogP contribution in [-0.4, -0.2) is 90.9 Å². The van der Waals surface area contributed by atoms with Gasteiger partial charge in [-0.1, -0.05) is 19.1 Å². The van der Waals surface area contributed by atoms with E-state index in [1.165, 1.54) is 44.6 Å². The second-order valence-electron chi connectivity index (χ2n) is 10.9. The fraction of sp³-hybridized carbons (Fsp3) is 0.533. The zero-order chi connectivity index (χ0) is 28.1. The van der Waals surface area contributed by atoms with E-state index in [0.29, 0.717) is 51.0 Å². The van der Waals surface area contributed by atoms with E-state index in [-0.39, 0.29) is 5.91 Å². The quantitative estimate of drug-likeness (QED) is 0.214. The SMILES string of the molecule is C=CC(=O)N1CCN(c2nc(OCCCN3CCCCC3)nc3c2CCN(c2c(C)ccc(N)c2C=N)C3)CC1. The molecule has 5 rings (SSSR count). The molecule has 0 saturated carbocycles. The Morgan fingerprint density at radius 3 is 2.58 bits per heavy atom. The van der Waals surface area contributed by atoms with Gasteiger partial charge in [0.2, 0.25) is 5.91 Å². The lowest BCUT2D eigenvalue weighted by Gasteiger charge is -2.38. The lowest BCUT2D eigenvalue weighted by molar-refractivity contribution is -0.126. The van der Waals surface area contributed by atoms with Crippen LogP contribution in [0.2, 0.25) is 0 Å². The lowest BCUT2D eigenvalue weighted by Crippen LogP contribution is -2.49. The first-order valence-electron chi connectivity index (χ1n) is 14.5. The maximum absolute atomic E-state index is 12.1. The molecule has 40 heavy (non-hydrogen) atoms. The molecule has 0 radical (unpaired) electrons. The summed E-state index contributed by atoms with van der Waals surface area (Å²) in [5.41, 5.74) is 11.8. The standard InChI is InChI=1S/C30H42N8O2/c1-3-27(39)36-15-17-37(18-16-36)29-23-10-14-38(28-22(2)8-9-25(32)24(28)20-31)21-26(23)33-30(34-29)40-19-7-13-35-11-5-4-6-12-35/h3,8-9,20,31H,1,4-7,10-19,21,32H2,2H3. The van der Waals surface area contributed by atoms with Crippen LogP contribution in [0.15, 0.2) is 24.8 Å². The number of aryl methyl sites for hydroxylation is 1. The number of rotatable bonds is 9. The smallest absolute Gasteiger partial charge is 0.318 e. The molecular weight excluding hydrogens is 504 g/mol. The number of benzene rings is 1. The molecule has 1 amide bonds. The number of hydrogen-bond donors (Lipinski definition) is 2. The van der Waals surface area contributed by atoms with E-state index in [9.17, 15) is 4.79 Å². The number of nitrogens with one attached hydrogen (secondary N) is 1. The molecule has 4 heterocycles. The summed E-state index contributed by atoms with van der Waals surface area (Å²) in [5.74, 6) is 0.884. The average Bonchev–Trinajstić information content (AvgIpc) is 2.99. The van der Waals surface area contributed by atoms with Crippen molar-refractivity contribution in [2.45, 2.75) is 45.6 Å². The number of nitrogens with zero attached hydrogens (tertiary/aromatic N) is 6. The lowest BCUT2D eigenvalue weighted by atomic mass is 10.00. The van der Waals surface area contributed by atoms with Crippen molar-refractivity contribution in [3.8, 4) is 6.01 Å². The molecule has 10 heteroatoms. The predicted octanol–water partition coefficient (Wildman–Crippen LogP) is 3.02. The fourth-order valence-corrected chi connectivity index (χ4v) is 6.11. The molecule has 0 unspecified atom stereocenters. The normalized spacial score (nSPS) is 17.9. The van der Waals surface area contributed by atoms with E-state index < -0.39 is 0 Å². The van der Waals surface area contributed by atoms with Crippen LogP contribution in [0.1, 0.15) is 48.1 Å². The van der Waals surface area contributed by atoms with Gasteiger partial charge in [0.1, 0.15) is 5.82 Å². The van der Waals surface area contributed by atoms with Crippen LogP contribution in [0.25, 0.3) is 0 Å². The van der Waals surface area contributed by atoms with E-state index in [4.69, 9.17) is 25.8 Å². The molecular formula is C30H42N8O2. The topological polar surface area (TPSA) is 115 Å². The van der Waals surface area contributed by atoms with Gasteiger partial charge in [0.25, 0.3) is 0 Å². The molecule has 0 atom stereocenters. The molecule has 3 aliphatic heterocycles. The summed E-state index contributed by atoms with van der Waals surface area (Å²) in [6, 6.07) is 4.29. The maximum atomic E-state index is 12.1. The molecule has 2 fully saturated rings. The Bertz CT molecular complexity index is 1230. The van der Waals surface area contributed by atoms with E-state index in [2.05, 4.69) is 28.2 Å². The second-order valence-corrected chi connectivity index (χ2v) is 10.9. The zero-order valence-corrected chi connectivity index (χ0v) is 23.7.